The van der Waals surface area contributed by atoms with E-state index in [-0.39, 0.29) is 25.5 Å². The molecule has 2 aromatic carbocycles. The molecule has 1 heterocycles. The Hall–Kier alpha value is -3.72. The van der Waals surface area contributed by atoms with E-state index in [9.17, 15) is 14.4 Å². The van der Waals surface area contributed by atoms with Gasteiger partial charge in [0, 0.05) is 11.3 Å². The van der Waals surface area contributed by atoms with Crippen LogP contribution in [0.5, 0.6) is 0 Å². The number of aromatic nitrogens is 1. The molecule has 0 bridgehead atoms. The molecule has 1 aliphatic rings. The first-order valence-corrected chi connectivity index (χ1v) is 11.3. The number of hydrogen-bond acceptors (Lipinski definition) is 6. The van der Waals surface area contributed by atoms with E-state index in [0.717, 1.165) is 11.1 Å². The van der Waals surface area contributed by atoms with Crippen molar-refractivity contribution >= 4 is 29.3 Å². The van der Waals surface area contributed by atoms with Crippen LogP contribution in [-0.4, -0.2) is 40.7 Å². The van der Waals surface area contributed by atoms with E-state index in [2.05, 4.69) is 39.9 Å². The number of rotatable bonds is 8. The lowest BCUT2D eigenvalue weighted by Gasteiger charge is -2.14. The Kier molecular flexibility index (Phi) is 6.69. The van der Waals surface area contributed by atoms with Crippen LogP contribution in [0.15, 0.2) is 53.9 Å². The standard InChI is InChI=1S/C24H23N3O5S/c1-14(23(29)30)26-21(28)10-15-13-33-22(27-15)11-25-24(31)32-12-20-18-8-4-2-6-16(18)17-7-3-5-9-19(17)20/h2-9,13-14,20H,10-12H2,1H3,(H,25,31)(H,26,28)(H,29,30)/t14-/m1/s1. The third-order valence-electron chi connectivity index (χ3n) is 5.42. The number of aliphatic carboxylic acids is 1. The van der Waals surface area contributed by atoms with Crippen LogP contribution in [0.3, 0.4) is 0 Å². The molecule has 8 nitrogen and oxygen atoms in total. The maximum atomic E-state index is 12.3. The second-order valence-corrected chi connectivity index (χ2v) is 8.66. The van der Waals surface area contributed by atoms with Crippen LogP contribution < -0.4 is 10.6 Å². The number of fused-ring (bicyclic) bond motifs is 3. The van der Waals surface area contributed by atoms with E-state index >= 15 is 0 Å². The molecule has 1 atom stereocenters. The van der Waals surface area contributed by atoms with Crippen molar-refractivity contribution in [3.8, 4) is 11.1 Å². The average Bonchev–Trinajstić information content (AvgIpc) is 3.38. The summed E-state index contributed by atoms with van der Waals surface area (Å²) >= 11 is 1.31. The fourth-order valence-electron chi connectivity index (χ4n) is 3.83. The number of carbonyl (C=O) groups excluding carboxylic acids is 2. The summed E-state index contributed by atoms with van der Waals surface area (Å²) in [5.74, 6) is -1.54. The zero-order valence-electron chi connectivity index (χ0n) is 17.9. The molecule has 0 saturated carbocycles. The molecule has 170 valence electrons. The first-order chi connectivity index (χ1) is 15.9. The van der Waals surface area contributed by atoms with Gasteiger partial charge in [-0.1, -0.05) is 48.5 Å². The van der Waals surface area contributed by atoms with Crippen LogP contribution in [0, 0.1) is 0 Å². The summed E-state index contributed by atoms with van der Waals surface area (Å²) in [7, 11) is 0. The highest BCUT2D eigenvalue weighted by Gasteiger charge is 2.29. The van der Waals surface area contributed by atoms with Crippen LogP contribution in [0.1, 0.15) is 34.7 Å². The Morgan fingerprint density at radius 2 is 1.73 bits per heavy atom. The zero-order chi connectivity index (χ0) is 23.4. The summed E-state index contributed by atoms with van der Waals surface area (Å²) in [4.78, 5) is 39.3. The van der Waals surface area contributed by atoms with Gasteiger partial charge in [0.1, 0.15) is 17.7 Å². The van der Waals surface area contributed by atoms with Gasteiger partial charge in [0.15, 0.2) is 0 Å². The number of hydrogen-bond donors (Lipinski definition) is 3. The van der Waals surface area contributed by atoms with E-state index in [1.165, 1.54) is 29.4 Å². The smallest absolute Gasteiger partial charge is 0.407 e. The van der Waals surface area contributed by atoms with Gasteiger partial charge in [-0.05, 0) is 29.2 Å². The van der Waals surface area contributed by atoms with Crippen molar-refractivity contribution < 1.29 is 24.2 Å². The topological polar surface area (TPSA) is 118 Å². The highest BCUT2D eigenvalue weighted by Crippen LogP contribution is 2.44. The molecule has 0 aliphatic heterocycles. The monoisotopic (exact) mass is 465 g/mol. The normalized spacial score (nSPS) is 13.0. The highest BCUT2D eigenvalue weighted by atomic mass is 32.1. The minimum atomic E-state index is -1.10. The molecule has 33 heavy (non-hydrogen) atoms. The quantitative estimate of drug-likeness (QED) is 0.470. The molecule has 1 aliphatic carbocycles. The predicted molar refractivity (Wildman–Crippen MR) is 123 cm³/mol. The summed E-state index contributed by atoms with van der Waals surface area (Å²) in [6, 6.07) is 15.3. The molecule has 1 aromatic heterocycles. The summed E-state index contributed by atoms with van der Waals surface area (Å²) < 4.78 is 5.51. The van der Waals surface area contributed by atoms with Crippen molar-refractivity contribution in [2.24, 2.45) is 0 Å². The van der Waals surface area contributed by atoms with Crippen LogP contribution in [0.2, 0.25) is 0 Å². The van der Waals surface area contributed by atoms with Gasteiger partial charge in [-0.2, -0.15) is 0 Å². The third-order valence-corrected chi connectivity index (χ3v) is 6.31. The van der Waals surface area contributed by atoms with Crippen molar-refractivity contribution in [3.63, 3.8) is 0 Å². The molecule has 2 amide bonds. The second kappa shape index (κ2) is 9.83. The van der Waals surface area contributed by atoms with E-state index in [0.29, 0.717) is 10.7 Å². The lowest BCUT2D eigenvalue weighted by atomic mass is 9.98. The number of carbonyl (C=O) groups is 3. The van der Waals surface area contributed by atoms with Gasteiger partial charge in [-0.15, -0.1) is 11.3 Å². The maximum absolute atomic E-state index is 12.3. The maximum Gasteiger partial charge on any atom is 0.407 e. The minimum Gasteiger partial charge on any atom is -0.480 e. The molecule has 0 saturated heterocycles. The minimum absolute atomic E-state index is 0.0127. The molecular weight excluding hydrogens is 442 g/mol. The van der Waals surface area contributed by atoms with Crippen molar-refractivity contribution in [2.75, 3.05) is 6.61 Å². The first-order valence-electron chi connectivity index (χ1n) is 10.5. The van der Waals surface area contributed by atoms with Crippen molar-refractivity contribution in [3.05, 3.63) is 75.7 Å². The Morgan fingerprint density at radius 1 is 1.09 bits per heavy atom. The Balaban J connectivity index is 1.28. The Bertz CT molecular complexity index is 1150. The van der Waals surface area contributed by atoms with Gasteiger partial charge in [0.2, 0.25) is 5.91 Å². The third kappa shape index (κ3) is 5.20. The number of alkyl carbamates (subject to hydrolysis) is 1. The summed E-state index contributed by atoms with van der Waals surface area (Å²) in [6.07, 6.45) is -0.569. The highest BCUT2D eigenvalue weighted by molar-refractivity contribution is 7.09. The molecular formula is C24H23N3O5S. The van der Waals surface area contributed by atoms with Crippen molar-refractivity contribution in [1.82, 2.24) is 15.6 Å². The fraction of sp³-hybridized carbons (Fsp3) is 0.250. The molecule has 3 aromatic rings. The second-order valence-electron chi connectivity index (χ2n) is 7.72. The van der Waals surface area contributed by atoms with E-state index in [4.69, 9.17) is 9.84 Å². The van der Waals surface area contributed by atoms with Gasteiger partial charge in [-0.25, -0.2) is 9.78 Å². The van der Waals surface area contributed by atoms with Gasteiger partial charge in [-0.3, -0.25) is 9.59 Å². The van der Waals surface area contributed by atoms with Crippen LogP contribution in [0.25, 0.3) is 11.1 Å². The number of thiazole rings is 1. The van der Waals surface area contributed by atoms with Crippen molar-refractivity contribution in [1.29, 1.82) is 0 Å². The van der Waals surface area contributed by atoms with Crippen LogP contribution in [-0.2, 0) is 27.3 Å². The molecule has 9 heteroatoms. The fourth-order valence-corrected chi connectivity index (χ4v) is 4.56. The predicted octanol–water partition coefficient (Wildman–Crippen LogP) is 3.31. The SMILES string of the molecule is C[C@@H](NC(=O)Cc1csc(CNC(=O)OCC2c3ccccc3-c3ccccc32)n1)C(=O)O. The Morgan fingerprint density at radius 3 is 2.36 bits per heavy atom. The first kappa shape index (κ1) is 22.5. The average molecular weight is 466 g/mol. The van der Waals surface area contributed by atoms with Crippen LogP contribution >= 0.6 is 11.3 Å². The molecule has 0 spiro atoms. The van der Waals surface area contributed by atoms with Crippen molar-refractivity contribution in [2.45, 2.75) is 31.8 Å². The van der Waals surface area contributed by atoms with Gasteiger partial charge >= 0.3 is 12.1 Å². The van der Waals surface area contributed by atoms with Gasteiger partial charge in [0.25, 0.3) is 0 Å². The lowest BCUT2D eigenvalue weighted by Crippen LogP contribution is -2.39. The molecule has 0 unspecified atom stereocenters. The number of carboxylic acids is 1. The van der Waals surface area contributed by atoms with Gasteiger partial charge < -0.3 is 20.5 Å². The molecule has 3 N–H and O–H groups in total. The number of carboxylic acid groups (broad SMARTS) is 1. The van der Waals surface area contributed by atoms with E-state index < -0.39 is 24.0 Å². The summed E-state index contributed by atoms with van der Waals surface area (Å²) in [5.41, 5.74) is 5.14. The molecule has 0 fully saturated rings. The number of ether oxygens (including phenoxy) is 1. The Labute approximate surface area is 194 Å². The number of nitrogens with zero attached hydrogens (tertiary/aromatic N) is 1. The summed E-state index contributed by atoms with van der Waals surface area (Å²) in [6.45, 7) is 1.80. The van der Waals surface area contributed by atoms with E-state index in [1.54, 1.807) is 5.38 Å². The lowest BCUT2D eigenvalue weighted by molar-refractivity contribution is -0.141. The number of nitrogens with one attached hydrogen (secondary N) is 2. The molecule has 4 rings (SSSR count). The number of amides is 2. The number of benzene rings is 2. The summed E-state index contributed by atoms with van der Waals surface area (Å²) in [5, 5.41) is 16.3. The zero-order valence-corrected chi connectivity index (χ0v) is 18.7. The largest absolute Gasteiger partial charge is 0.480 e. The van der Waals surface area contributed by atoms with Gasteiger partial charge in [0.05, 0.1) is 18.7 Å². The van der Waals surface area contributed by atoms with E-state index in [1.807, 2.05) is 24.3 Å². The van der Waals surface area contributed by atoms with Crippen LogP contribution in [0.4, 0.5) is 4.79 Å². The molecule has 0 radical (unpaired) electrons.